The number of para-hydroxylation sites is 2. The van der Waals surface area contributed by atoms with E-state index < -0.39 is 4.92 Å². The molecule has 0 radical (unpaired) electrons. The minimum atomic E-state index is -0.508. The van der Waals surface area contributed by atoms with Crippen LogP contribution < -0.4 is 15.8 Å². The van der Waals surface area contributed by atoms with Gasteiger partial charge in [0.15, 0.2) is 0 Å². The molecule has 28 heavy (non-hydrogen) atoms. The van der Waals surface area contributed by atoms with Crippen LogP contribution in [0.4, 0.5) is 28.7 Å². The monoisotopic (exact) mass is 380 g/mol. The number of nitro groups is 1. The topological polar surface area (TPSA) is 105 Å². The van der Waals surface area contributed by atoms with E-state index in [0.29, 0.717) is 13.2 Å². The third kappa shape index (κ3) is 4.51. The third-order valence-corrected chi connectivity index (χ3v) is 3.85. The van der Waals surface area contributed by atoms with Gasteiger partial charge in [-0.3, -0.25) is 20.5 Å². The van der Waals surface area contributed by atoms with Crippen LogP contribution in [-0.4, -0.2) is 35.2 Å². The van der Waals surface area contributed by atoms with E-state index in [-0.39, 0.29) is 17.3 Å². The van der Waals surface area contributed by atoms with Crippen LogP contribution in [-0.2, 0) is 4.74 Å². The summed E-state index contributed by atoms with van der Waals surface area (Å²) in [6, 6.07) is 18.9. The highest BCUT2D eigenvalue weighted by Gasteiger charge is 2.25. The molecule has 2 aromatic carbocycles. The van der Waals surface area contributed by atoms with Crippen LogP contribution in [0.15, 0.2) is 67.0 Å². The molecule has 144 valence electrons. The van der Waals surface area contributed by atoms with Gasteiger partial charge in [-0.2, -0.15) is 0 Å². The highest BCUT2D eigenvalue weighted by molar-refractivity contribution is 5.74. The molecule has 0 atom stereocenters. The molecule has 0 bridgehead atoms. The Balaban J connectivity index is 1.99. The zero-order valence-electron chi connectivity index (χ0n) is 15.3. The van der Waals surface area contributed by atoms with Gasteiger partial charge < -0.3 is 10.1 Å². The minimum absolute atomic E-state index is 0.0765. The first-order chi connectivity index (χ1) is 13.7. The summed E-state index contributed by atoms with van der Waals surface area (Å²) in [6.45, 7) is 0.777. The maximum Gasteiger partial charge on any atom is 0.354 e. The van der Waals surface area contributed by atoms with E-state index in [1.54, 1.807) is 12.1 Å². The Labute approximate surface area is 162 Å². The molecule has 2 N–H and O–H groups in total. The molecule has 0 amide bonds. The molecule has 0 aliphatic rings. The summed E-state index contributed by atoms with van der Waals surface area (Å²) in [5.74, 6) is 0.202. The van der Waals surface area contributed by atoms with Gasteiger partial charge >= 0.3 is 5.69 Å². The second-order valence-corrected chi connectivity index (χ2v) is 5.71. The number of hydrogen-bond acceptors (Lipinski definition) is 8. The zero-order valence-corrected chi connectivity index (χ0v) is 15.3. The first-order valence-electron chi connectivity index (χ1n) is 8.60. The average Bonchev–Trinajstić information content (AvgIpc) is 2.73. The Morgan fingerprint density at radius 3 is 2.11 bits per heavy atom. The lowest BCUT2D eigenvalue weighted by atomic mass is 10.2. The van der Waals surface area contributed by atoms with Crippen molar-refractivity contribution in [2.45, 2.75) is 0 Å². The van der Waals surface area contributed by atoms with Gasteiger partial charge in [-0.1, -0.05) is 36.4 Å². The van der Waals surface area contributed by atoms with Crippen LogP contribution >= 0.6 is 0 Å². The van der Waals surface area contributed by atoms with Gasteiger partial charge in [-0.15, -0.1) is 0 Å². The summed E-state index contributed by atoms with van der Waals surface area (Å²) in [7, 11) is 1.56. The second kappa shape index (κ2) is 9.28. The average molecular weight is 380 g/mol. The number of ether oxygens (including phenoxy) is 1. The van der Waals surface area contributed by atoms with Crippen LogP contribution in [0.1, 0.15) is 0 Å². The zero-order chi connectivity index (χ0) is 19.8. The molecule has 0 spiro atoms. The lowest BCUT2D eigenvalue weighted by Gasteiger charge is -2.26. The fourth-order valence-corrected chi connectivity index (χ4v) is 2.57. The third-order valence-electron chi connectivity index (χ3n) is 3.85. The van der Waals surface area contributed by atoms with Crippen molar-refractivity contribution in [2.75, 3.05) is 36.0 Å². The van der Waals surface area contributed by atoms with Gasteiger partial charge in [-0.05, 0) is 24.3 Å². The summed E-state index contributed by atoms with van der Waals surface area (Å²) in [5, 5.41) is 16.4. The Kier molecular flexibility index (Phi) is 6.32. The molecule has 1 aromatic heterocycles. The summed E-state index contributed by atoms with van der Waals surface area (Å²) in [5.41, 5.74) is 4.42. The van der Waals surface area contributed by atoms with Gasteiger partial charge in [0.05, 0.1) is 22.9 Å². The smallest absolute Gasteiger partial charge is 0.354 e. The molecule has 0 unspecified atom stereocenters. The molecule has 0 fully saturated rings. The first-order valence-corrected chi connectivity index (χ1v) is 8.60. The van der Waals surface area contributed by atoms with Crippen LogP contribution in [0.25, 0.3) is 0 Å². The Morgan fingerprint density at radius 1 is 1.00 bits per heavy atom. The molecular formula is C19H20N6O3. The number of nitrogens with one attached hydrogen (secondary N) is 2. The van der Waals surface area contributed by atoms with Crippen LogP contribution in [0, 0.1) is 10.1 Å². The van der Waals surface area contributed by atoms with Gasteiger partial charge in [0.1, 0.15) is 6.33 Å². The highest BCUT2D eigenvalue weighted by atomic mass is 16.6. The second-order valence-electron chi connectivity index (χ2n) is 5.71. The fourth-order valence-electron chi connectivity index (χ4n) is 2.57. The largest absolute Gasteiger partial charge is 0.383 e. The van der Waals surface area contributed by atoms with Crippen LogP contribution in [0.5, 0.6) is 0 Å². The van der Waals surface area contributed by atoms with E-state index in [1.165, 1.54) is 6.33 Å². The van der Waals surface area contributed by atoms with Crippen LogP contribution in [0.2, 0.25) is 0 Å². The van der Waals surface area contributed by atoms with Crippen molar-refractivity contribution in [3.63, 3.8) is 0 Å². The van der Waals surface area contributed by atoms with Crippen molar-refractivity contribution < 1.29 is 9.66 Å². The van der Waals surface area contributed by atoms with Crippen molar-refractivity contribution in [3.05, 3.63) is 77.1 Å². The molecular weight excluding hydrogens is 360 g/mol. The number of hydrazine groups is 1. The van der Waals surface area contributed by atoms with E-state index in [2.05, 4.69) is 20.7 Å². The molecule has 0 aliphatic carbocycles. The highest BCUT2D eigenvalue weighted by Crippen LogP contribution is 2.32. The standard InChI is InChI=1S/C19H20N6O3/c1-28-13-12-20-18-17(25(26)27)19(22-14-21-18)23-24(15-8-4-2-5-9-15)16-10-6-3-7-11-16/h2-11,14H,12-13H2,1H3,(H2,20,21,22,23). The molecule has 9 heteroatoms. The number of rotatable bonds is 9. The molecule has 0 aliphatic heterocycles. The molecule has 9 nitrogen and oxygen atoms in total. The number of anilines is 4. The number of aromatic nitrogens is 2. The van der Waals surface area contributed by atoms with Crippen LogP contribution in [0.3, 0.4) is 0 Å². The maximum absolute atomic E-state index is 11.7. The Hall–Kier alpha value is -3.72. The van der Waals surface area contributed by atoms with Gasteiger partial charge in [0.2, 0.25) is 11.6 Å². The Bertz CT molecular complexity index is 869. The van der Waals surface area contributed by atoms with Gasteiger partial charge in [0.25, 0.3) is 0 Å². The molecule has 3 aromatic rings. The van der Waals surface area contributed by atoms with E-state index in [9.17, 15) is 10.1 Å². The van der Waals surface area contributed by atoms with E-state index in [1.807, 2.05) is 60.7 Å². The minimum Gasteiger partial charge on any atom is -0.383 e. The molecule has 0 saturated heterocycles. The number of benzene rings is 2. The fraction of sp³-hybridized carbons (Fsp3) is 0.158. The quantitative estimate of drug-likeness (QED) is 0.329. The molecule has 1 heterocycles. The summed E-state index contributed by atoms with van der Waals surface area (Å²) >= 11 is 0. The first kappa shape index (κ1) is 19.1. The van der Waals surface area contributed by atoms with Crippen molar-refractivity contribution in [1.82, 2.24) is 9.97 Å². The van der Waals surface area contributed by atoms with Gasteiger partial charge in [0, 0.05) is 13.7 Å². The van der Waals surface area contributed by atoms with E-state index >= 15 is 0 Å². The van der Waals surface area contributed by atoms with Crippen molar-refractivity contribution >= 4 is 28.7 Å². The van der Waals surface area contributed by atoms with Crippen molar-refractivity contribution in [1.29, 1.82) is 0 Å². The van der Waals surface area contributed by atoms with Crippen molar-refractivity contribution in [3.8, 4) is 0 Å². The number of hydrogen-bond donors (Lipinski definition) is 2. The van der Waals surface area contributed by atoms with Gasteiger partial charge in [-0.25, -0.2) is 9.97 Å². The lowest BCUT2D eigenvalue weighted by molar-refractivity contribution is -0.383. The normalized spacial score (nSPS) is 10.3. The maximum atomic E-state index is 11.7. The number of nitrogens with zero attached hydrogens (tertiary/aromatic N) is 4. The summed E-state index contributed by atoms with van der Waals surface area (Å²) in [6.07, 6.45) is 1.28. The molecule has 0 saturated carbocycles. The van der Waals surface area contributed by atoms with E-state index in [4.69, 9.17) is 4.74 Å². The lowest BCUT2D eigenvalue weighted by Crippen LogP contribution is -2.26. The predicted octanol–water partition coefficient (Wildman–Crippen LogP) is 3.61. The Morgan fingerprint density at radius 2 is 1.57 bits per heavy atom. The van der Waals surface area contributed by atoms with E-state index in [0.717, 1.165) is 11.4 Å². The summed E-state index contributed by atoms with van der Waals surface area (Å²) < 4.78 is 4.97. The number of methoxy groups -OCH3 is 1. The van der Waals surface area contributed by atoms with Crippen molar-refractivity contribution in [2.24, 2.45) is 0 Å². The predicted molar refractivity (Wildman–Crippen MR) is 108 cm³/mol. The molecule has 3 rings (SSSR count). The summed E-state index contributed by atoms with van der Waals surface area (Å²) in [4.78, 5) is 19.3. The SMILES string of the molecule is COCCNc1ncnc(NN(c2ccccc2)c2ccccc2)c1[N+](=O)[O-].